The molecule has 3 aromatic rings. The van der Waals surface area contributed by atoms with E-state index >= 15 is 0 Å². The fraction of sp³-hybridized carbons (Fsp3) is 0. The first-order valence-electron chi connectivity index (χ1n) is 6.03. The van der Waals surface area contributed by atoms with Crippen molar-refractivity contribution in [3.63, 3.8) is 0 Å². The van der Waals surface area contributed by atoms with Crippen LogP contribution in [0, 0.1) is 0 Å². The van der Waals surface area contributed by atoms with Crippen LogP contribution in [0.25, 0.3) is 10.8 Å². The van der Waals surface area contributed by atoms with E-state index in [0.29, 0.717) is 17.2 Å². The molecule has 0 aliphatic rings. The molecule has 2 aromatic carbocycles. The predicted molar refractivity (Wildman–Crippen MR) is 81.9 cm³/mol. The zero-order chi connectivity index (χ0) is 13.9. The van der Waals surface area contributed by atoms with Crippen LogP contribution >= 0.6 is 12.2 Å². The quantitative estimate of drug-likeness (QED) is 0.748. The monoisotopic (exact) mass is 281 g/mol. The van der Waals surface area contributed by atoms with Gasteiger partial charge in [-0.25, -0.2) is 0 Å². The van der Waals surface area contributed by atoms with Crippen LogP contribution in [-0.2, 0) is 0 Å². The Morgan fingerprint density at radius 1 is 1.05 bits per heavy atom. The van der Waals surface area contributed by atoms with Gasteiger partial charge in [0.2, 0.25) is 5.88 Å². The molecule has 1 aromatic heterocycles. The molecule has 0 aliphatic carbocycles. The Bertz CT molecular complexity index is 783. The number of thiocarbonyl (C=S) groups is 1. The van der Waals surface area contributed by atoms with Crippen LogP contribution in [0.3, 0.4) is 0 Å². The van der Waals surface area contributed by atoms with E-state index in [0.717, 1.165) is 10.8 Å². The van der Waals surface area contributed by atoms with Crippen LogP contribution in [0.1, 0.15) is 5.56 Å². The van der Waals surface area contributed by atoms with Crippen molar-refractivity contribution in [2.45, 2.75) is 0 Å². The third-order valence-corrected chi connectivity index (χ3v) is 3.13. The summed E-state index contributed by atoms with van der Waals surface area (Å²) in [6.45, 7) is 0. The smallest absolute Gasteiger partial charge is 0.249 e. The van der Waals surface area contributed by atoms with E-state index in [1.807, 2.05) is 42.5 Å². The molecule has 3 rings (SSSR count). The van der Waals surface area contributed by atoms with Crippen molar-refractivity contribution < 1.29 is 4.74 Å². The third kappa shape index (κ3) is 2.31. The fourth-order valence-electron chi connectivity index (χ4n) is 1.97. The average Bonchev–Trinajstić information content (AvgIpc) is 2.48. The predicted octanol–water partition coefficient (Wildman–Crippen LogP) is 3.06. The molecule has 0 atom stereocenters. The molecule has 0 saturated carbocycles. The Labute approximate surface area is 121 Å². The second-order valence-corrected chi connectivity index (χ2v) is 4.63. The minimum atomic E-state index is 0.232. The highest BCUT2D eigenvalue weighted by Gasteiger charge is 2.10. The summed E-state index contributed by atoms with van der Waals surface area (Å²) in [6.07, 6.45) is 1.53. The molecule has 0 saturated heterocycles. The van der Waals surface area contributed by atoms with E-state index < -0.39 is 0 Å². The maximum atomic E-state index is 5.84. The van der Waals surface area contributed by atoms with Gasteiger partial charge in [0.15, 0.2) is 0 Å². The minimum Gasteiger partial charge on any atom is -0.436 e. The van der Waals surface area contributed by atoms with E-state index in [1.165, 1.54) is 6.20 Å². The van der Waals surface area contributed by atoms with Crippen molar-refractivity contribution in [3.05, 3.63) is 60.3 Å². The minimum absolute atomic E-state index is 0.232. The molecular weight excluding hydrogens is 270 g/mol. The van der Waals surface area contributed by atoms with Gasteiger partial charge in [-0.15, -0.1) is 5.10 Å². The third-order valence-electron chi connectivity index (χ3n) is 2.91. The number of benzene rings is 2. The normalized spacial score (nSPS) is 10.4. The number of rotatable bonds is 3. The van der Waals surface area contributed by atoms with Gasteiger partial charge in [0, 0.05) is 5.39 Å². The molecule has 0 bridgehead atoms. The largest absolute Gasteiger partial charge is 0.436 e. The van der Waals surface area contributed by atoms with Crippen molar-refractivity contribution in [1.29, 1.82) is 0 Å². The Morgan fingerprint density at radius 2 is 1.85 bits per heavy atom. The highest BCUT2D eigenvalue weighted by atomic mass is 32.1. The van der Waals surface area contributed by atoms with Gasteiger partial charge in [-0.1, -0.05) is 48.6 Å². The number of nitrogens with two attached hydrogens (primary N) is 1. The first-order chi connectivity index (χ1) is 9.75. The summed E-state index contributed by atoms with van der Waals surface area (Å²) >= 11 is 4.99. The summed E-state index contributed by atoms with van der Waals surface area (Å²) in [7, 11) is 0. The number of ether oxygens (including phenoxy) is 1. The van der Waals surface area contributed by atoms with Gasteiger partial charge >= 0.3 is 0 Å². The topological polar surface area (TPSA) is 61.0 Å². The molecule has 1 heterocycles. The Balaban J connectivity index is 2.08. The molecule has 0 radical (unpaired) electrons. The summed E-state index contributed by atoms with van der Waals surface area (Å²) in [4.78, 5) is 0.232. The van der Waals surface area contributed by atoms with Crippen LogP contribution in [0.15, 0.2) is 54.7 Å². The van der Waals surface area contributed by atoms with Crippen molar-refractivity contribution >= 4 is 28.0 Å². The van der Waals surface area contributed by atoms with Crippen LogP contribution in [-0.4, -0.2) is 15.2 Å². The lowest BCUT2D eigenvalue weighted by Crippen LogP contribution is -2.12. The van der Waals surface area contributed by atoms with Crippen molar-refractivity contribution in [2.75, 3.05) is 0 Å². The number of nitrogens with zero attached hydrogens (tertiary/aromatic N) is 2. The highest BCUT2D eigenvalue weighted by Crippen LogP contribution is 2.29. The van der Waals surface area contributed by atoms with Crippen LogP contribution in [0.2, 0.25) is 0 Å². The summed E-state index contributed by atoms with van der Waals surface area (Å²) in [5.41, 5.74) is 6.24. The molecule has 98 valence electrons. The lowest BCUT2D eigenvalue weighted by Gasteiger charge is -2.10. The van der Waals surface area contributed by atoms with Crippen molar-refractivity contribution in [1.82, 2.24) is 10.2 Å². The van der Waals surface area contributed by atoms with Crippen LogP contribution in [0.5, 0.6) is 11.6 Å². The summed E-state index contributed by atoms with van der Waals surface area (Å²) in [5.74, 6) is 1.01. The first kappa shape index (κ1) is 12.5. The number of aromatic nitrogens is 2. The van der Waals surface area contributed by atoms with Crippen molar-refractivity contribution in [3.8, 4) is 11.6 Å². The maximum absolute atomic E-state index is 5.84. The second kappa shape index (κ2) is 5.22. The number of hydrogen-bond acceptors (Lipinski definition) is 4. The lowest BCUT2D eigenvalue weighted by molar-refractivity contribution is 0.459. The molecule has 0 unspecified atom stereocenters. The number of fused-ring (bicyclic) bond motifs is 1. The molecule has 5 heteroatoms. The Morgan fingerprint density at radius 3 is 2.70 bits per heavy atom. The lowest BCUT2D eigenvalue weighted by atomic mass is 10.1. The molecule has 0 amide bonds. The second-order valence-electron chi connectivity index (χ2n) is 4.19. The SMILES string of the molecule is NC(=S)c1ccnnc1Oc1cccc2ccccc12. The van der Waals surface area contributed by atoms with Gasteiger partial charge in [-0.3, -0.25) is 0 Å². The highest BCUT2D eigenvalue weighted by molar-refractivity contribution is 7.80. The average molecular weight is 281 g/mol. The van der Waals surface area contributed by atoms with Gasteiger partial charge in [-0.05, 0) is 17.5 Å². The van der Waals surface area contributed by atoms with Crippen LogP contribution < -0.4 is 10.5 Å². The van der Waals surface area contributed by atoms with E-state index in [9.17, 15) is 0 Å². The Hall–Kier alpha value is -2.53. The molecule has 2 N–H and O–H groups in total. The van der Waals surface area contributed by atoms with Crippen molar-refractivity contribution in [2.24, 2.45) is 5.73 Å². The van der Waals surface area contributed by atoms with Gasteiger partial charge in [-0.2, -0.15) is 5.10 Å². The molecule has 0 aliphatic heterocycles. The van der Waals surface area contributed by atoms with Gasteiger partial charge in [0.05, 0.1) is 11.8 Å². The molecule has 0 spiro atoms. The van der Waals surface area contributed by atoms with Gasteiger partial charge < -0.3 is 10.5 Å². The van der Waals surface area contributed by atoms with Gasteiger partial charge in [0.1, 0.15) is 10.7 Å². The first-order valence-corrected chi connectivity index (χ1v) is 6.43. The fourth-order valence-corrected chi connectivity index (χ4v) is 2.13. The number of hydrogen-bond donors (Lipinski definition) is 1. The molecule has 4 nitrogen and oxygen atoms in total. The van der Waals surface area contributed by atoms with Crippen LogP contribution in [0.4, 0.5) is 0 Å². The maximum Gasteiger partial charge on any atom is 0.249 e. The van der Waals surface area contributed by atoms with E-state index in [4.69, 9.17) is 22.7 Å². The zero-order valence-corrected chi connectivity index (χ0v) is 11.3. The summed E-state index contributed by atoms with van der Waals surface area (Å²) < 4.78 is 5.84. The van der Waals surface area contributed by atoms with E-state index in [-0.39, 0.29) is 4.99 Å². The zero-order valence-electron chi connectivity index (χ0n) is 10.5. The Kier molecular flexibility index (Phi) is 3.26. The summed E-state index contributed by atoms with van der Waals surface area (Å²) in [5, 5.41) is 9.86. The molecular formula is C15H11N3OS. The molecule has 20 heavy (non-hydrogen) atoms. The van der Waals surface area contributed by atoms with E-state index in [2.05, 4.69) is 10.2 Å². The van der Waals surface area contributed by atoms with Gasteiger partial charge in [0.25, 0.3) is 0 Å². The summed E-state index contributed by atoms with van der Waals surface area (Å²) in [6, 6.07) is 15.5. The standard InChI is InChI=1S/C15H11N3OS/c16-14(20)12-8-9-17-18-15(12)19-13-7-3-5-10-4-1-2-6-11(10)13/h1-9H,(H2,16,20). The molecule has 0 fully saturated rings. The van der Waals surface area contributed by atoms with E-state index in [1.54, 1.807) is 6.07 Å².